The van der Waals surface area contributed by atoms with Gasteiger partial charge in [-0.2, -0.15) is 13.2 Å². The molecule has 0 aliphatic heterocycles. The van der Waals surface area contributed by atoms with Crippen LogP contribution in [0.25, 0.3) is 0 Å². The number of aromatic nitrogens is 2. The first kappa shape index (κ1) is 19.3. The molecule has 0 aliphatic carbocycles. The molecular weight excluding hydrogens is 369 g/mol. The van der Waals surface area contributed by atoms with Gasteiger partial charge in [0.2, 0.25) is 5.95 Å². The van der Waals surface area contributed by atoms with Crippen molar-refractivity contribution in [3.8, 4) is 0 Å². The number of aryl methyl sites for hydroxylation is 2. The quantitative estimate of drug-likeness (QED) is 0.654. The van der Waals surface area contributed by atoms with E-state index in [0.717, 1.165) is 17.5 Å². The zero-order valence-electron chi connectivity index (χ0n) is 15.1. The lowest BCUT2D eigenvalue weighted by molar-refractivity contribution is -0.136. The molecule has 5 nitrogen and oxygen atoms in total. The molecule has 0 radical (unpaired) electrons. The van der Waals surface area contributed by atoms with Crippen LogP contribution in [0, 0.1) is 13.8 Å². The Morgan fingerprint density at radius 2 is 1.54 bits per heavy atom. The third-order valence-electron chi connectivity index (χ3n) is 3.87. The van der Waals surface area contributed by atoms with Crippen LogP contribution < -0.4 is 10.6 Å². The van der Waals surface area contributed by atoms with Crippen LogP contribution in [-0.2, 0) is 6.18 Å². The van der Waals surface area contributed by atoms with Crippen molar-refractivity contribution in [3.63, 3.8) is 0 Å². The van der Waals surface area contributed by atoms with Crippen LogP contribution >= 0.6 is 0 Å². The summed E-state index contributed by atoms with van der Waals surface area (Å²) < 4.78 is 39.1. The highest BCUT2D eigenvalue weighted by atomic mass is 19.4. The highest BCUT2D eigenvalue weighted by Gasteiger charge is 2.33. The summed E-state index contributed by atoms with van der Waals surface area (Å²) in [5.41, 5.74) is 1.32. The number of amides is 1. The molecule has 0 atom stereocenters. The Bertz CT molecular complexity index is 981. The van der Waals surface area contributed by atoms with E-state index >= 15 is 0 Å². The van der Waals surface area contributed by atoms with Gasteiger partial charge in [-0.25, -0.2) is 9.97 Å². The number of nitrogens with one attached hydrogen (secondary N) is 2. The number of halogens is 3. The number of rotatable bonds is 4. The third-order valence-corrected chi connectivity index (χ3v) is 3.87. The number of alkyl halides is 3. The molecule has 0 saturated heterocycles. The van der Waals surface area contributed by atoms with Crippen LogP contribution in [0.2, 0.25) is 0 Å². The largest absolute Gasteiger partial charge is 0.418 e. The SMILES string of the molecule is Cc1cc(C)nc(Nc2ccc(C(=O)Nc3ccccc3C(F)(F)F)cc2)n1. The Morgan fingerprint density at radius 1 is 0.929 bits per heavy atom. The van der Waals surface area contributed by atoms with Gasteiger partial charge < -0.3 is 10.6 Å². The van der Waals surface area contributed by atoms with E-state index in [1.807, 2.05) is 19.9 Å². The number of nitrogens with zero attached hydrogens (tertiary/aromatic N) is 2. The Hall–Kier alpha value is -3.42. The van der Waals surface area contributed by atoms with Crippen LogP contribution in [0.3, 0.4) is 0 Å². The van der Waals surface area contributed by atoms with E-state index in [1.165, 1.54) is 30.3 Å². The van der Waals surface area contributed by atoms with Crippen LogP contribution in [0.5, 0.6) is 0 Å². The van der Waals surface area contributed by atoms with Crippen molar-refractivity contribution < 1.29 is 18.0 Å². The van der Waals surface area contributed by atoms with Crippen molar-refractivity contribution in [3.05, 3.63) is 77.1 Å². The van der Waals surface area contributed by atoms with Crippen LogP contribution in [-0.4, -0.2) is 15.9 Å². The molecule has 8 heteroatoms. The monoisotopic (exact) mass is 386 g/mol. The van der Waals surface area contributed by atoms with E-state index in [-0.39, 0.29) is 11.3 Å². The van der Waals surface area contributed by atoms with Gasteiger partial charge in [-0.15, -0.1) is 0 Å². The minimum absolute atomic E-state index is 0.226. The van der Waals surface area contributed by atoms with Crippen molar-refractivity contribution in [2.45, 2.75) is 20.0 Å². The first-order valence-corrected chi connectivity index (χ1v) is 8.39. The second-order valence-electron chi connectivity index (χ2n) is 6.17. The molecule has 28 heavy (non-hydrogen) atoms. The molecule has 3 aromatic rings. The predicted octanol–water partition coefficient (Wildman–Crippen LogP) is 5.11. The van der Waals surface area contributed by atoms with E-state index < -0.39 is 17.6 Å². The number of carbonyl (C=O) groups is 1. The van der Waals surface area contributed by atoms with Gasteiger partial charge in [-0.05, 0) is 56.3 Å². The fourth-order valence-electron chi connectivity index (χ4n) is 2.65. The van der Waals surface area contributed by atoms with Gasteiger partial charge in [-0.1, -0.05) is 12.1 Å². The molecule has 0 spiro atoms. The topological polar surface area (TPSA) is 66.9 Å². The lowest BCUT2D eigenvalue weighted by Crippen LogP contribution is -2.16. The molecule has 0 fully saturated rings. The smallest absolute Gasteiger partial charge is 0.324 e. The second-order valence-corrected chi connectivity index (χ2v) is 6.17. The second kappa shape index (κ2) is 7.67. The van der Waals surface area contributed by atoms with E-state index in [4.69, 9.17) is 0 Å². The maximum Gasteiger partial charge on any atom is 0.418 e. The normalized spacial score (nSPS) is 11.2. The molecule has 0 saturated carbocycles. The van der Waals surface area contributed by atoms with Gasteiger partial charge >= 0.3 is 6.18 Å². The first-order chi connectivity index (χ1) is 13.2. The van der Waals surface area contributed by atoms with Crippen LogP contribution in [0.1, 0.15) is 27.3 Å². The first-order valence-electron chi connectivity index (χ1n) is 8.39. The van der Waals surface area contributed by atoms with Gasteiger partial charge in [0.25, 0.3) is 5.91 Å². The summed E-state index contributed by atoms with van der Waals surface area (Å²) in [4.78, 5) is 20.9. The van der Waals surface area contributed by atoms with Gasteiger partial charge in [0.15, 0.2) is 0 Å². The summed E-state index contributed by atoms with van der Waals surface area (Å²) in [7, 11) is 0. The molecule has 1 heterocycles. The summed E-state index contributed by atoms with van der Waals surface area (Å²) in [6.45, 7) is 3.71. The highest BCUT2D eigenvalue weighted by molar-refractivity contribution is 6.04. The number of hydrogen-bond acceptors (Lipinski definition) is 4. The molecule has 0 aliphatic rings. The fourth-order valence-corrected chi connectivity index (χ4v) is 2.65. The maximum atomic E-state index is 13.0. The number of hydrogen-bond donors (Lipinski definition) is 2. The number of para-hydroxylation sites is 1. The molecule has 144 valence electrons. The lowest BCUT2D eigenvalue weighted by atomic mass is 10.1. The van der Waals surface area contributed by atoms with Crippen molar-refractivity contribution >= 4 is 23.2 Å². The molecule has 2 aromatic carbocycles. The van der Waals surface area contributed by atoms with E-state index in [2.05, 4.69) is 20.6 Å². The maximum absolute atomic E-state index is 13.0. The zero-order chi connectivity index (χ0) is 20.3. The summed E-state index contributed by atoms with van der Waals surface area (Å²) in [5, 5.41) is 5.34. The van der Waals surface area contributed by atoms with Crippen LogP contribution in [0.4, 0.5) is 30.5 Å². The number of anilines is 3. The fraction of sp³-hybridized carbons (Fsp3) is 0.150. The highest BCUT2D eigenvalue weighted by Crippen LogP contribution is 2.34. The van der Waals surface area contributed by atoms with E-state index in [0.29, 0.717) is 11.6 Å². The predicted molar refractivity (Wildman–Crippen MR) is 101 cm³/mol. The molecule has 2 N–H and O–H groups in total. The molecule has 0 bridgehead atoms. The van der Waals surface area contributed by atoms with E-state index in [1.54, 1.807) is 12.1 Å². The van der Waals surface area contributed by atoms with Gasteiger partial charge in [0, 0.05) is 22.6 Å². The zero-order valence-corrected chi connectivity index (χ0v) is 15.1. The van der Waals surface area contributed by atoms with E-state index in [9.17, 15) is 18.0 Å². The lowest BCUT2D eigenvalue weighted by Gasteiger charge is -2.13. The molecular formula is C20H17F3N4O. The van der Waals surface area contributed by atoms with Crippen molar-refractivity contribution in [2.24, 2.45) is 0 Å². The molecule has 1 aromatic heterocycles. The minimum atomic E-state index is -4.55. The summed E-state index contributed by atoms with van der Waals surface area (Å²) >= 11 is 0. The van der Waals surface area contributed by atoms with Gasteiger partial charge in [0.05, 0.1) is 11.3 Å². The molecule has 1 amide bonds. The van der Waals surface area contributed by atoms with Gasteiger partial charge in [0.1, 0.15) is 0 Å². The third kappa shape index (κ3) is 4.64. The van der Waals surface area contributed by atoms with Crippen molar-refractivity contribution in [1.82, 2.24) is 9.97 Å². The summed E-state index contributed by atoms with van der Waals surface area (Å²) in [6, 6.07) is 13.0. The van der Waals surface area contributed by atoms with Gasteiger partial charge in [-0.3, -0.25) is 4.79 Å². The average Bonchev–Trinajstić information content (AvgIpc) is 2.61. The standard InChI is InChI=1S/C20H17F3N4O/c1-12-11-13(2)25-19(24-12)26-15-9-7-14(8-10-15)18(28)27-17-6-4-3-5-16(17)20(21,22)23/h3-11H,1-2H3,(H,27,28)(H,24,25,26). The molecule has 3 rings (SSSR count). The molecule has 0 unspecified atom stereocenters. The average molecular weight is 386 g/mol. The summed E-state index contributed by atoms with van der Waals surface area (Å²) in [6.07, 6.45) is -4.55. The number of benzene rings is 2. The Labute approximate surface area is 159 Å². The summed E-state index contributed by atoms with van der Waals surface area (Å²) in [5.74, 6) is -0.209. The Morgan fingerprint density at radius 3 is 2.14 bits per heavy atom. The van der Waals surface area contributed by atoms with Crippen LogP contribution in [0.15, 0.2) is 54.6 Å². The number of carbonyl (C=O) groups excluding carboxylic acids is 1. The minimum Gasteiger partial charge on any atom is -0.324 e. The van der Waals surface area contributed by atoms with Crippen molar-refractivity contribution in [1.29, 1.82) is 0 Å². The Balaban J connectivity index is 1.74. The Kier molecular flexibility index (Phi) is 5.30. The van der Waals surface area contributed by atoms with Crippen molar-refractivity contribution in [2.75, 3.05) is 10.6 Å².